The Bertz CT molecular complexity index is 726. The van der Waals surface area contributed by atoms with Gasteiger partial charge >= 0.3 is 0 Å². The lowest BCUT2D eigenvalue weighted by Gasteiger charge is -2.34. The molecule has 3 rings (SSSR count). The molecule has 1 aliphatic carbocycles. The van der Waals surface area contributed by atoms with Crippen molar-refractivity contribution in [3.05, 3.63) is 69.7 Å². The molecule has 0 aromatic heterocycles. The van der Waals surface area contributed by atoms with Crippen LogP contribution in [0.1, 0.15) is 30.0 Å². The molecular weight excluding hydrogens is 364 g/mol. The fourth-order valence-electron chi connectivity index (χ4n) is 3.64. The molecule has 0 saturated carbocycles. The number of carbonyl (C=O) groups is 1. The van der Waals surface area contributed by atoms with Crippen LogP contribution in [-0.4, -0.2) is 18.5 Å². The van der Waals surface area contributed by atoms with E-state index in [0.717, 1.165) is 29.3 Å². The summed E-state index contributed by atoms with van der Waals surface area (Å²) in [6.45, 7) is 2.08. The number of fused-ring (bicyclic) bond motifs is 1. The average molecular weight is 387 g/mol. The van der Waals surface area contributed by atoms with Crippen LogP contribution in [0.2, 0.25) is 0 Å². The van der Waals surface area contributed by atoms with Crippen molar-refractivity contribution in [2.45, 2.75) is 38.2 Å². The van der Waals surface area contributed by atoms with Crippen LogP contribution in [0.5, 0.6) is 0 Å². The Morgan fingerprint density at radius 1 is 1.21 bits per heavy atom. The van der Waals surface area contributed by atoms with Crippen LogP contribution in [0.25, 0.3) is 0 Å². The zero-order valence-electron chi connectivity index (χ0n) is 14.2. The second-order valence-electron chi connectivity index (χ2n) is 6.82. The van der Waals surface area contributed by atoms with E-state index in [1.165, 1.54) is 11.1 Å². The number of aryl methyl sites for hydroxylation is 1. The molecule has 1 aliphatic rings. The summed E-state index contributed by atoms with van der Waals surface area (Å²) in [7, 11) is 1.73. The van der Waals surface area contributed by atoms with Crippen molar-refractivity contribution >= 4 is 21.7 Å². The van der Waals surface area contributed by atoms with E-state index in [4.69, 9.17) is 4.74 Å². The highest BCUT2D eigenvalue weighted by Gasteiger charge is 2.40. The van der Waals surface area contributed by atoms with Gasteiger partial charge in [0, 0.05) is 18.0 Å². The number of methoxy groups -OCH3 is 1. The Hall–Kier alpha value is -1.45. The molecule has 0 amide bonds. The quantitative estimate of drug-likeness (QED) is 0.707. The summed E-state index contributed by atoms with van der Waals surface area (Å²) < 4.78 is 6.93. The van der Waals surface area contributed by atoms with Gasteiger partial charge in [0.15, 0.2) is 0 Å². The number of hydrogen-bond acceptors (Lipinski definition) is 2. The fraction of sp³-hybridized carbons (Fsp3) is 0.381. The van der Waals surface area contributed by atoms with Crippen molar-refractivity contribution in [3.8, 4) is 0 Å². The van der Waals surface area contributed by atoms with Gasteiger partial charge in [-0.15, -0.1) is 0 Å². The van der Waals surface area contributed by atoms with E-state index >= 15 is 0 Å². The minimum absolute atomic E-state index is 0.127. The summed E-state index contributed by atoms with van der Waals surface area (Å²) in [4.78, 5) is 13.1. The Labute approximate surface area is 152 Å². The van der Waals surface area contributed by atoms with Crippen LogP contribution in [0.3, 0.4) is 0 Å². The van der Waals surface area contributed by atoms with Crippen molar-refractivity contribution in [3.63, 3.8) is 0 Å². The summed E-state index contributed by atoms with van der Waals surface area (Å²) in [6, 6.07) is 16.4. The molecule has 2 aromatic carbocycles. The number of Topliss-reactive ketones (excluding diaryl/α,β-unsaturated/α-hetero) is 1. The number of hydrogen-bond donors (Lipinski definition) is 0. The van der Waals surface area contributed by atoms with Crippen LogP contribution < -0.4 is 0 Å². The van der Waals surface area contributed by atoms with Gasteiger partial charge < -0.3 is 4.74 Å². The molecule has 2 aromatic rings. The second kappa shape index (κ2) is 7.20. The van der Waals surface area contributed by atoms with Gasteiger partial charge in [0.2, 0.25) is 0 Å². The lowest BCUT2D eigenvalue weighted by molar-refractivity contribution is -0.133. The monoisotopic (exact) mass is 386 g/mol. The van der Waals surface area contributed by atoms with Gasteiger partial charge in [0.1, 0.15) is 5.78 Å². The summed E-state index contributed by atoms with van der Waals surface area (Å²) in [5.74, 6) is 0.136. The molecular formula is C21H23BrO2. The molecule has 0 heterocycles. The molecule has 0 radical (unpaired) electrons. The van der Waals surface area contributed by atoms with Gasteiger partial charge in [0.05, 0.1) is 11.5 Å². The van der Waals surface area contributed by atoms with E-state index in [1.807, 2.05) is 30.3 Å². The predicted molar refractivity (Wildman–Crippen MR) is 100 cm³/mol. The van der Waals surface area contributed by atoms with Crippen LogP contribution >= 0.6 is 15.9 Å². The highest BCUT2D eigenvalue weighted by atomic mass is 79.9. The lowest BCUT2D eigenvalue weighted by atomic mass is 9.79. The van der Waals surface area contributed by atoms with E-state index in [9.17, 15) is 4.79 Å². The minimum atomic E-state index is -0.419. The normalized spacial score (nSPS) is 23.4. The molecule has 0 fully saturated rings. The molecule has 0 bridgehead atoms. The minimum Gasteiger partial charge on any atom is -0.378 e. The van der Waals surface area contributed by atoms with Crippen molar-refractivity contribution in [1.29, 1.82) is 0 Å². The Morgan fingerprint density at radius 2 is 1.96 bits per heavy atom. The molecule has 126 valence electrons. The summed E-state index contributed by atoms with van der Waals surface area (Å²) in [6.07, 6.45) is 3.02. The maximum atomic E-state index is 13.1. The number of ether oxygens (including phenoxy) is 1. The van der Waals surface area contributed by atoms with Crippen molar-refractivity contribution in [1.82, 2.24) is 0 Å². The zero-order chi connectivity index (χ0) is 17.2. The first-order chi connectivity index (χ1) is 11.5. The van der Waals surface area contributed by atoms with Crippen LogP contribution in [0.4, 0.5) is 0 Å². The molecule has 0 saturated heterocycles. The topological polar surface area (TPSA) is 26.3 Å². The summed E-state index contributed by atoms with van der Waals surface area (Å²) in [5.41, 5.74) is 3.24. The highest BCUT2D eigenvalue weighted by molar-refractivity contribution is 9.10. The third kappa shape index (κ3) is 3.62. The van der Waals surface area contributed by atoms with E-state index in [1.54, 1.807) is 7.11 Å². The highest BCUT2D eigenvalue weighted by Crippen LogP contribution is 2.36. The first-order valence-corrected chi connectivity index (χ1v) is 9.20. The summed E-state index contributed by atoms with van der Waals surface area (Å²) in [5, 5.41) is 0. The van der Waals surface area contributed by atoms with Gasteiger partial charge in [-0.2, -0.15) is 0 Å². The van der Waals surface area contributed by atoms with E-state index in [-0.39, 0.29) is 11.7 Å². The molecule has 24 heavy (non-hydrogen) atoms. The molecule has 2 nitrogen and oxygen atoms in total. The molecule has 2 atom stereocenters. The van der Waals surface area contributed by atoms with Gasteiger partial charge in [-0.25, -0.2) is 0 Å². The number of halogens is 1. The molecule has 1 unspecified atom stereocenters. The lowest BCUT2D eigenvalue weighted by Crippen LogP contribution is -2.42. The third-order valence-electron chi connectivity index (χ3n) is 5.30. The van der Waals surface area contributed by atoms with E-state index in [2.05, 4.69) is 41.1 Å². The first-order valence-electron chi connectivity index (χ1n) is 8.41. The van der Waals surface area contributed by atoms with Gasteiger partial charge in [-0.3, -0.25) is 4.79 Å². The fourth-order valence-corrected chi connectivity index (χ4v) is 4.05. The predicted octanol–water partition coefficient (Wildman–Crippen LogP) is 4.77. The first kappa shape index (κ1) is 17.4. The van der Waals surface area contributed by atoms with E-state index in [0.29, 0.717) is 6.42 Å². The largest absolute Gasteiger partial charge is 0.378 e. The third-order valence-corrected chi connectivity index (χ3v) is 5.79. The molecule has 3 heteroatoms. The maximum Gasteiger partial charge on any atom is 0.143 e. The molecule has 0 aliphatic heterocycles. The zero-order valence-corrected chi connectivity index (χ0v) is 15.8. The number of benzene rings is 2. The van der Waals surface area contributed by atoms with Crippen molar-refractivity contribution < 1.29 is 9.53 Å². The van der Waals surface area contributed by atoms with Crippen molar-refractivity contribution in [2.24, 2.45) is 5.92 Å². The summed E-state index contributed by atoms with van der Waals surface area (Å²) >= 11 is 3.56. The number of rotatable bonds is 4. The number of carbonyl (C=O) groups excluding carboxylic acids is 1. The van der Waals surface area contributed by atoms with Gasteiger partial charge in [-0.1, -0.05) is 52.3 Å². The average Bonchev–Trinajstić information content (AvgIpc) is 2.73. The molecule has 0 N–H and O–H groups in total. The van der Waals surface area contributed by atoms with Gasteiger partial charge in [-0.05, 0) is 55.0 Å². The van der Waals surface area contributed by atoms with Crippen LogP contribution in [0, 0.1) is 5.92 Å². The van der Waals surface area contributed by atoms with E-state index < -0.39 is 5.60 Å². The molecule has 0 spiro atoms. The van der Waals surface area contributed by atoms with Crippen LogP contribution in [0.15, 0.2) is 53.0 Å². The second-order valence-corrected chi connectivity index (χ2v) is 7.73. The maximum absolute atomic E-state index is 13.1. The Kier molecular flexibility index (Phi) is 5.21. The SMILES string of the molecule is CO[C@]1(C)CCc2ccc(Br)cc2CC1C(=O)Cc1ccccc1. The van der Waals surface area contributed by atoms with Crippen LogP contribution in [-0.2, 0) is 28.8 Å². The number of ketones is 1. The Balaban J connectivity index is 1.91. The standard InChI is InChI=1S/C21H23BrO2/c1-21(24-2)11-10-16-8-9-18(22)13-17(16)14-19(21)20(23)12-15-6-4-3-5-7-15/h3-9,13,19H,10-12,14H2,1-2H3/t19?,21-/m1/s1. The smallest absolute Gasteiger partial charge is 0.143 e. The van der Waals surface area contributed by atoms with Gasteiger partial charge in [0.25, 0.3) is 0 Å². The van der Waals surface area contributed by atoms with Crippen molar-refractivity contribution in [2.75, 3.05) is 7.11 Å². The Morgan fingerprint density at radius 3 is 2.67 bits per heavy atom.